The molecule has 0 aliphatic carbocycles. The number of aryl methyl sites for hydroxylation is 1. The van der Waals surface area contributed by atoms with Crippen molar-refractivity contribution in [2.75, 3.05) is 0 Å². The van der Waals surface area contributed by atoms with E-state index in [2.05, 4.69) is 0 Å². The maximum atomic E-state index is 11.8. The predicted octanol–water partition coefficient (Wildman–Crippen LogP) is 2.62. The molecule has 0 N–H and O–H groups in total. The highest BCUT2D eigenvalue weighted by atomic mass is 16.6. The minimum atomic E-state index is -1.21. The van der Waals surface area contributed by atoms with Crippen molar-refractivity contribution < 1.29 is 9.72 Å². The van der Waals surface area contributed by atoms with E-state index in [9.17, 15) is 14.9 Å². The van der Waals surface area contributed by atoms with Crippen LogP contribution in [-0.2, 0) is 0 Å². The summed E-state index contributed by atoms with van der Waals surface area (Å²) in [6, 6.07) is 7.06. The van der Waals surface area contributed by atoms with Gasteiger partial charge in [-0.15, -0.1) is 0 Å². The fourth-order valence-corrected chi connectivity index (χ4v) is 1.30. The fraction of sp³-hybridized carbons (Fsp3) is 0.417. The molecule has 4 nitrogen and oxygen atoms in total. The van der Waals surface area contributed by atoms with Crippen LogP contribution in [0.4, 0.5) is 0 Å². The quantitative estimate of drug-likeness (QED) is 0.446. The van der Waals surface area contributed by atoms with Crippen molar-refractivity contribution in [3.63, 3.8) is 0 Å². The molecule has 0 aromatic heterocycles. The van der Waals surface area contributed by atoms with E-state index in [1.165, 1.54) is 13.8 Å². The van der Waals surface area contributed by atoms with Gasteiger partial charge in [-0.3, -0.25) is 14.9 Å². The van der Waals surface area contributed by atoms with E-state index in [4.69, 9.17) is 0 Å². The van der Waals surface area contributed by atoms with Crippen molar-refractivity contribution in [3.05, 3.63) is 45.5 Å². The van der Waals surface area contributed by atoms with E-state index in [0.29, 0.717) is 5.56 Å². The first-order chi connectivity index (χ1) is 7.33. The third-order valence-corrected chi connectivity index (χ3v) is 2.46. The van der Waals surface area contributed by atoms with Crippen molar-refractivity contribution in [3.8, 4) is 0 Å². The molecule has 0 unspecified atom stereocenters. The summed E-state index contributed by atoms with van der Waals surface area (Å²) >= 11 is 0. The number of rotatable bonds is 4. The van der Waals surface area contributed by atoms with Gasteiger partial charge in [0, 0.05) is 24.3 Å². The van der Waals surface area contributed by atoms with Crippen LogP contribution in [0.1, 0.15) is 36.2 Å². The number of hydrogen-bond acceptors (Lipinski definition) is 3. The molecule has 0 saturated carbocycles. The lowest BCUT2D eigenvalue weighted by molar-refractivity contribution is -0.558. The lowest BCUT2D eigenvalue weighted by Crippen LogP contribution is -2.33. The third-order valence-electron chi connectivity index (χ3n) is 2.46. The van der Waals surface area contributed by atoms with Gasteiger partial charge in [0.1, 0.15) is 0 Å². The van der Waals surface area contributed by atoms with E-state index in [1.807, 2.05) is 19.1 Å². The Morgan fingerprint density at radius 3 is 2.25 bits per heavy atom. The van der Waals surface area contributed by atoms with Gasteiger partial charge in [0.15, 0.2) is 5.78 Å². The highest BCUT2D eigenvalue weighted by Crippen LogP contribution is 2.17. The Balaban J connectivity index is 2.81. The Bertz CT molecular complexity index is 407. The van der Waals surface area contributed by atoms with E-state index in [0.717, 1.165) is 5.56 Å². The van der Waals surface area contributed by atoms with Crippen molar-refractivity contribution in [1.82, 2.24) is 0 Å². The van der Waals surface area contributed by atoms with Crippen molar-refractivity contribution in [2.45, 2.75) is 32.7 Å². The molecule has 1 aromatic rings. The van der Waals surface area contributed by atoms with Crippen LogP contribution in [0.15, 0.2) is 24.3 Å². The van der Waals surface area contributed by atoms with Gasteiger partial charge < -0.3 is 0 Å². The Kier molecular flexibility index (Phi) is 3.42. The van der Waals surface area contributed by atoms with E-state index < -0.39 is 10.5 Å². The maximum absolute atomic E-state index is 11.8. The molecule has 0 bridgehead atoms. The van der Waals surface area contributed by atoms with Gasteiger partial charge in [0.25, 0.3) is 0 Å². The summed E-state index contributed by atoms with van der Waals surface area (Å²) in [5.74, 6) is -0.193. The second-order valence-corrected chi connectivity index (χ2v) is 4.54. The molecule has 0 saturated heterocycles. The van der Waals surface area contributed by atoms with E-state index in [-0.39, 0.29) is 12.2 Å². The number of carbonyl (C=O) groups excluding carboxylic acids is 1. The fourth-order valence-electron chi connectivity index (χ4n) is 1.30. The van der Waals surface area contributed by atoms with E-state index in [1.54, 1.807) is 12.1 Å². The number of ketones is 1. The number of nitrogens with zero attached hydrogens (tertiary/aromatic N) is 1. The first kappa shape index (κ1) is 12.4. The molecule has 4 heteroatoms. The number of carbonyl (C=O) groups is 1. The zero-order chi connectivity index (χ0) is 12.3. The maximum Gasteiger partial charge on any atom is 0.224 e. The first-order valence-corrected chi connectivity index (χ1v) is 5.07. The summed E-state index contributed by atoms with van der Waals surface area (Å²) in [4.78, 5) is 22.0. The summed E-state index contributed by atoms with van der Waals surface area (Å²) in [5.41, 5.74) is 0.382. The molecule has 1 aromatic carbocycles. The van der Waals surface area contributed by atoms with Gasteiger partial charge in [0.05, 0.1) is 6.42 Å². The SMILES string of the molecule is Cc1ccc(C(=O)CC(C)(C)[N+](=O)[O-])cc1. The lowest BCUT2D eigenvalue weighted by Gasteiger charge is -2.14. The molecule has 0 atom stereocenters. The van der Waals surface area contributed by atoms with Crippen molar-refractivity contribution >= 4 is 5.78 Å². The molecule has 0 heterocycles. The van der Waals surface area contributed by atoms with Gasteiger partial charge >= 0.3 is 0 Å². The van der Waals surface area contributed by atoms with Gasteiger partial charge in [0.2, 0.25) is 5.54 Å². The van der Waals surface area contributed by atoms with Crippen LogP contribution in [0.5, 0.6) is 0 Å². The second kappa shape index (κ2) is 4.43. The summed E-state index contributed by atoms with van der Waals surface area (Å²) in [6.45, 7) is 4.84. The monoisotopic (exact) mass is 221 g/mol. The minimum Gasteiger partial charge on any atom is -0.294 e. The normalized spacial score (nSPS) is 11.2. The zero-order valence-electron chi connectivity index (χ0n) is 9.69. The van der Waals surface area contributed by atoms with Gasteiger partial charge in [-0.05, 0) is 6.92 Å². The molecular formula is C12H15NO3. The first-order valence-electron chi connectivity index (χ1n) is 5.07. The Labute approximate surface area is 94.4 Å². The summed E-state index contributed by atoms with van der Waals surface area (Å²) in [5, 5.41) is 10.7. The van der Waals surface area contributed by atoms with Gasteiger partial charge in [-0.1, -0.05) is 29.8 Å². The highest BCUT2D eigenvalue weighted by Gasteiger charge is 2.33. The zero-order valence-corrected chi connectivity index (χ0v) is 9.69. The smallest absolute Gasteiger partial charge is 0.224 e. The third kappa shape index (κ3) is 2.89. The Morgan fingerprint density at radius 2 is 1.81 bits per heavy atom. The number of nitro groups is 1. The number of Topliss-reactive ketones (excluding diaryl/α,β-unsaturated/α-hetero) is 1. The standard InChI is InChI=1S/C12H15NO3/c1-9-4-6-10(7-5-9)11(14)8-12(2,3)13(15)16/h4-7H,8H2,1-3H3. The molecular weight excluding hydrogens is 206 g/mol. The Morgan fingerprint density at radius 1 is 1.31 bits per heavy atom. The van der Waals surface area contributed by atoms with Crippen molar-refractivity contribution in [1.29, 1.82) is 0 Å². The van der Waals surface area contributed by atoms with Gasteiger partial charge in [-0.2, -0.15) is 0 Å². The number of hydrogen-bond donors (Lipinski definition) is 0. The molecule has 0 fully saturated rings. The largest absolute Gasteiger partial charge is 0.294 e. The molecule has 0 amide bonds. The van der Waals surface area contributed by atoms with Gasteiger partial charge in [-0.25, -0.2) is 0 Å². The molecule has 86 valence electrons. The van der Waals surface area contributed by atoms with Crippen LogP contribution in [0.2, 0.25) is 0 Å². The molecule has 16 heavy (non-hydrogen) atoms. The highest BCUT2D eigenvalue weighted by molar-refractivity contribution is 5.96. The van der Waals surface area contributed by atoms with Crippen LogP contribution in [0, 0.1) is 17.0 Å². The van der Waals surface area contributed by atoms with Crippen LogP contribution in [0.3, 0.4) is 0 Å². The van der Waals surface area contributed by atoms with Crippen LogP contribution >= 0.6 is 0 Å². The van der Waals surface area contributed by atoms with Crippen molar-refractivity contribution in [2.24, 2.45) is 0 Å². The average molecular weight is 221 g/mol. The summed E-state index contributed by atoms with van der Waals surface area (Å²) in [7, 11) is 0. The lowest BCUT2D eigenvalue weighted by atomic mass is 9.95. The molecule has 0 aliphatic heterocycles. The van der Waals surface area contributed by atoms with Crippen LogP contribution in [-0.4, -0.2) is 16.2 Å². The summed E-state index contributed by atoms with van der Waals surface area (Å²) in [6.07, 6.45) is -0.0803. The van der Waals surface area contributed by atoms with E-state index >= 15 is 0 Å². The molecule has 0 radical (unpaired) electrons. The average Bonchev–Trinajstić information content (AvgIpc) is 2.17. The second-order valence-electron chi connectivity index (χ2n) is 4.54. The molecule has 0 aliphatic rings. The topological polar surface area (TPSA) is 60.2 Å². The molecule has 1 rings (SSSR count). The molecule has 0 spiro atoms. The predicted molar refractivity (Wildman–Crippen MR) is 61.2 cm³/mol. The number of benzene rings is 1. The van der Waals surface area contributed by atoms with Crippen LogP contribution < -0.4 is 0 Å². The Hall–Kier alpha value is -1.71. The van der Waals surface area contributed by atoms with Crippen LogP contribution in [0.25, 0.3) is 0 Å². The summed E-state index contributed by atoms with van der Waals surface area (Å²) < 4.78 is 0. The minimum absolute atomic E-state index is 0.0803.